The Labute approximate surface area is 97.2 Å². The van der Waals surface area contributed by atoms with Crippen molar-refractivity contribution in [2.45, 2.75) is 0 Å². The molecule has 1 N–H and O–H groups in total. The number of hydrogen-bond acceptors (Lipinski definition) is 5. The van der Waals surface area contributed by atoms with Crippen LogP contribution in [-0.2, 0) is 0 Å². The molecule has 2 aromatic rings. The fraction of sp³-hybridized carbons (Fsp3) is 0. The zero-order valence-corrected chi connectivity index (χ0v) is 8.55. The van der Waals surface area contributed by atoms with E-state index >= 15 is 0 Å². The topological polar surface area (TPSA) is 111 Å². The molecule has 0 aliphatic rings. The van der Waals surface area contributed by atoms with Crippen LogP contribution in [0.1, 0.15) is 10.4 Å². The summed E-state index contributed by atoms with van der Waals surface area (Å²) in [5.74, 6) is -2.58. The summed E-state index contributed by atoms with van der Waals surface area (Å²) in [6.07, 6.45) is 0.595. The molecule has 0 unspecified atom stereocenters. The molecule has 8 heteroatoms. The van der Waals surface area contributed by atoms with Crippen LogP contribution in [0.25, 0.3) is 11.0 Å². The normalized spacial score (nSPS) is 10.5. The number of benzene rings is 1. The van der Waals surface area contributed by atoms with Crippen LogP contribution in [0.5, 0.6) is 0 Å². The SMILES string of the molecule is O=C(O)c1coc2c([N+](=O)[O-])cc(F)cc2c1=O. The number of nitro benzene ring substituents is 1. The van der Waals surface area contributed by atoms with E-state index in [9.17, 15) is 24.1 Å². The second kappa shape index (κ2) is 3.91. The minimum Gasteiger partial charge on any atom is -0.477 e. The minimum absolute atomic E-state index is 0.462. The Morgan fingerprint density at radius 3 is 2.67 bits per heavy atom. The van der Waals surface area contributed by atoms with Gasteiger partial charge in [0.15, 0.2) is 0 Å². The number of non-ortho nitro benzene ring substituents is 1. The minimum atomic E-state index is -1.56. The predicted molar refractivity (Wildman–Crippen MR) is 56.1 cm³/mol. The first-order valence-electron chi connectivity index (χ1n) is 4.54. The smallest absolute Gasteiger partial charge is 0.342 e. The molecular weight excluding hydrogens is 249 g/mol. The van der Waals surface area contributed by atoms with Gasteiger partial charge in [-0.3, -0.25) is 14.9 Å². The lowest BCUT2D eigenvalue weighted by Gasteiger charge is -2.00. The highest BCUT2D eigenvalue weighted by Gasteiger charge is 2.21. The van der Waals surface area contributed by atoms with Crippen LogP contribution < -0.4 is 5.43 Å². The molecule has 2 rings (SSSR count). The van der Waals surface area contributed by atoms with Gasteiger partial charge in [-0.2, -0.15) is 0 Å². The zero-order valence-electron chi connectivity index (χ0n) is 8.55. The van der Waals surface area contributed by atoms with Gasteiger partial charge >= 0.3 is 11.7 Å². The molecule has 0 aliphatic carbocycles. The molecule has 7 nitrogen and oxygen atoms in total. The molecule has 0 amide bonds. The highest BCUT2D eigenvalue weighted by molar-refractivity contribution is 5.93. The average Bonchev–Trinajstić information content (AvgIpc) is 2.28. The van der Waals surface area contributed by atoms with Gasteiger partial charge in [0.05, 0.1) is 16.4 Å². The van der Waals surface area contributed by atoms with Gasteiger partial charge in [-0.1, -0.05) is 0 Å². The van der Waals surface area contributed by atoms with Crippen molar-refractivity contribution in [2.24, 2.45) is 0 Å². The quantitative estimate of drug-likeness (QED) is 0.641. The van der Waals surface area contributed by atoms with Gasteiger partial charge in [0.1, 0.15) is 17.6 Å². The van der Waals surface area contributed by atoms with Crippen LogP contribution in [0.15, 0.2) is 27.6 Å². The van der Waals surface area contributed by atoms with E-state index < -0.39 is 44.4 Å². The molecule has 1 heterocycles. The number of rotatable bonds is 2. The number of nitro groups is 1. The third-order valence-corrected chi connectivity index (χ3v) is 2.25. The average molecular weight is 253 g/mol. The van der Waals surface area contributed by atoms with Crippen molar-refractivity contribution in [3.8, 4) is 0 Å². The maximum atomic E-state index is 13.1. The maximum absolute atomic E-state index is 13.1. The molecule has 1 aromatic carbocycles. The van der Waals surface area contributed by atoms with E-state index in [-0.39, 0.29) is 0 Å². The van der Waals surface area contributed by atoms with Crippen molar-refractivity contribution in [2.75, 3.05) is 0 Å². The number of halogens is 1. The molecular formula is C10H4FNO6. The van der Waals surface area contributed by atoms with Crippen LogP contribution in [0.3, 0.4) is 0 Å². The van der Waals surface area contributed by atoms with E-state index in [1.54, 1.807) is 0 Å². The summed E-state index contributed by atoms with van der Waals surface area (Å²) in [5, 5.41) is 18.9. The van der Waals surface area contributed by atoms with E-state index in [0.29, 0.717) is 18.4 Å². The Morgan fingerprint density at radius 2 is 2.11 bits per heavy atom. The highest BCUT2D eigenvalue weighted by atomic mass is 19.1. The zero-order chi connectivity index (χ0) is 13.4. The maximum Gasteiger partial charge on any atom is 0.342 e. The van der Waals surface area contributed by atoms with Crippen molar-refractivity contribution < 1.29 is 23.6 Å². The summed E-state index contributed by atoms with van der Waals surface area (Å²) in [4.78, 5) is 32.1. The van der Waals surface area contributed by atoms with Crippen LogP contribution in [-0.4, -0.2) is 16.0 Å². The Kier molecular flexibility index (Phi) is 2.55. The summed E-state index contributed by atoms with van der Waals surface area (Å²) in [6.45, 7) is 0. The number of aromatic carboxylic acids is 1. The van der Waals surface area contributed by atoms with E-state index in [2.05, 4.69) is 0 Å². The summed E-state index contributed by atoms with van der Waals surface area (Å²) in [5.41, 5.74) is -2.95. The number of hydrogen-bond donors (Lipinski definition) is 1. The van der Waals surface area contributed by atoms with Crippen molar-refractivity contribution in [3.05, 3.63) is 50.1 Å². The van der Waals surface area contributed by atoms with Crippen LogP contribution in [0.2, 0.25) is 0 Å². The lowest BCUT2D eigenvalue weighted by atomic mass is 10.1. The van der Waals surface area contributed by atoms with E-state index in [0.717, 1.165) is 0 Å². The summed E-state index contributed by atoms with van der Waals surface area (Å²) >= 11 is 0. The van der Waals surface area contributed by atoms with Gasteiger partial charge in [-0.25, -0.2) is 9.18 Å². The fourth-order valence-corrected chi connectivity index (χ4v) is 1.47. The van der Waals surface area contributed by atoms with Crippen molar-refractivity contribution in [3.63, 3.8) is 0 Å². The Hall–Kier alpha value is -2.77. The fourth-order valence-electron chi connectivity index (χ4n) is 1.47. The van der Waals surface area contributed by atoms with Gasteiger partial charge in [0.25, 0.3) is 0 Å². The molecule has 0 radical (unpaired) electrons. The van der Waals surface area contributed by atoms with E-state index in [1.165, 1.54) is 0 Å². The first-order chi connectivity index (χ1) is 8.41. The van der Waals surface area contributed by atoms with E-state index in [1.807, 2.05) is 0 Å². The van der Waals surface area contributed by atoms with E-state index in [4.69, 9.17) is 9.52 Å². The van der Waals surface area contributed by atoms with Gasteiger partial charge in [0.2, 0.25) is 11.0 Å². The third kappa shape index (κ3) is 1.69. The molecule has 0 aliphatic heterocycles. The first kappa shape index (κ1) is 11.7. The number of nitrogens with zero attached hydrogens (tertiary/aromatic N) is 1. The highest BCUT2D eigenvalue weighted by Crippen LogP contribution is 2.25. The molecule has 1 aromatic heterocycles. The molecule has 0 fully saturated rings. The van der Waals surface area contributed by atoms with Crippen molar-refractivity contribution >= 4 is 22.6 Å². The molecule has 0 spiro atoms. The van der Waals surface area contributed by atoms with Crippen LogP contribution in [0, 0.1) is 15.9 Å². The third-order valence-electron chi connectivity index (χ3n) is 2.25. The first-order valence-corrected chi connectivity index (χ1v) is 4.54. The van der Waals surface area contributed by atoms with Crippen LogP contribution in [0.4, 0.5) is 10.1 Å². The second-order valence-electron chi connectivity index (χ2n) is 3.34. The van der Waals surface area contributed by atoms with Gasteiger partial charge in [-0.05, 0) is 6.07 Å². The molecule has 0 saturated carbocycles. The largest absolute Gasteiger partial charge is 0.477 e. The molecule has 0 atom stereocenters. The predicted octanol–water partition coefficient (Wildman–Crippen LogP) is 1.54. The van der Waals surface area contributed by atoms with Crippen LogP contribution >= 0.6 is 0 Å². The number of carboxylic acids is 1. The summed E-state index contributed by atoms with van der Waals surface area (Å²) in [6, 6.07) is 1.28. The lowest BCUT2D eigenvalue weighted by molar-refractivity contribution is -0.383. The van der Waals surface area contributed by atoms with Crippen molar-refractivity contribution in [1.82, 2.24) is 0 Å². The van der Waals surface area contributed by atoms with Gasteiger partial charge < -0.3 is 9.52 Å². The van der Waals surface area contributed by atoms with Gasteiger partial charge in [0, 0.05) is 0 Å². The molecule has 0 bridgehead atoms. The molecule has 92 valence electrons. The molecule has 18 heavy (non-hydrogen) atoms. The lowest BCUT2D eigenvalue weighted by Crippen LogP contribution is -2.14. The number of carboxylic acid groups (broad SMARTS) is 1. The number of fused-ring (bicyclic) bond motifs is 1. The Balaban J connectivity index is 2.96. The number of carbonyl (C=O) groups is 1. The summed E-state index contributed by atoms with van der Waals surface area (Å²) < 4.78 is 17.9. The Bertz CT molecular complexity index is 735. The van der Waals surface area contributed by atoms with Gasteiger partial charge in [-0.15, -0.1) is 0 Å². The Morgan fingerprint density at radius 1 is 1.44 bits per heavy atom. The second-order valence-corrected chi connectivity index (χ2v) is 3.34. The molecule has 0 saturated heterocycles. The van der Waals surface area contributed by atoms with Crippen molar-refractivity contribution in [1.29, 1.82) is 0 Å². The standard InChI is InChI=1S/C10H4FNO6/c11-4-1-5-8(13)6(10(14)15)3-18-9(5)7(2-4)12(16)17/h1-3H,(H,14,15). The summed E-state index contributed by atoms with van der Waals surface area (Å²) in [7, 11) is 0. The monoisotopic (exact) mass is 253 g/mol.